The molecular formula is C17H33N3O2S. The highest BCUT2D eigenvalue weighted by molar-refractivity contribution is 8.12. The van der Waals surface area contributed by atoms with Gasteiger partial charge in [0.15, 0.2) is 0 Å². The lowest BCUT2D eigenvalue weighted by Gasteiger charge is -2.41. The molecule has 1 aliphatic heterocycles. The predicted molar refractivity (Wildman–Crippen MR) is 97.2 cm³/mol. The van der Waals surface area contributed by atoms with Crippen LogP contribution in [-0.2, 0) is 4.74 Å². The van der Waals surface area contributed by atoms with Crippen molar-refractivity contribution < 1.29 is 9.53 Å². The fourth-order valence-electron chi connectivity index (χ4n) is 3.34. The van der Waals surface area contributed by atoms with Crippen LogP contribution in [0.15, 0.2) is 0 Å². The van der Waals surface area contributed by atoms with Crippen molar-refractivity contribution >= 4 is 17.0 Å². The third kappa shape index (κ3) is 5.93. The third-order valence-electron chi connectivity index (χ3n) is 4.93. The first-order chi connectivity index (χ1) is 11.0. The molecular weight excluding hydrogens is 310 g/mol. The first-order valence-electron chi connectivity index (χ1n) is 8.86. The second kappa shape index (κ2) is 9.25. The molecule has 0 aromatic carbocycles. The van der Waals surface area contributed by atoms with Gasteiger partial charge in [-0.2, -0.15) is 0 Å². The van der Waals surface area contributed by atoms with Crippen LogP contribution in [0.3, 0.4) is 0 Å². The minimum Gasteiger partial charge on any atom is -0.377 e. The number of carbonyl (C=O) groups is 1. The highest BCUT2D eigenvalue weighted by Crippen LogP contribution is 2.28. The third-order valence-corrected chi connectivity index (χ3v) is 5.57. The van der Waals surface area contributed by atoms with Crippen molar-refractivity contribution in [3.05, 3.63) is 0 Å². The topological polar surface area (TPSA) is 36.0 Å². The van der Waals surface area contributed by atoms with Crippen LogP contribution >= 0.6 is 11.8 Å². The summed E-state index contributed by atoms with van der Waals surface area (Å²) in [6.45, 7) is 12.3. The van der Waals surface area contributed by atoms with E-state index in [1.165, 1.54) is 31.4 Å². The van der Waals surface area contributed by atoms with E-state index in [1.54, 1.807) is 0 Å². The average Bonchev–Trinajstić information content (AvgIpc) is 2.49. The maximum atomic E-state index is 11.6. The number of nitrogens with zero attached hydrogens (tertiary/aromatic N) is 3. The van der Waals surface area contributed by atoms with E-state index in [0.717, 1.165) is 45.0 Å². The van der Waals surface area contributed by atoms with E-state index in [4.69, 9.17) is 4.74 Å². The van der Waals surface area contributed by atoms with Gasteiger partial charge in [-0.3, -0.25) is 9.69 Å². The number of piperazine rings is 1. The first kappa shape index (κ1) is 19.0. The van der Waals surface area contributed by atoms with Gasteiger partial charge in [0, 0.05) is 52.4 Å². The molecule has 23 heavy (non-hydrogen) atoms. The van der Waals surface area contributed by atoms with Crippen LogP contribution in [0.5, 0.6) is 0 Å². The summed E-state index contributed by atoms with van der Waals surface area (Å²) < 4.78 is 5.97. The highest BCUT2D eigenvalue weighted by Gasteiger charge is 2.34. The van der Waals surface area contributed by atoms with Gasteiger partial charge in [-0.25, -0.2) is 0 Å². The van der Waals surface area contributed by atoms with Crippen LogP contribution in [0.2, 0.25) is 0 Å². The summed E-state index contributed by atoms with van der Waals surface area (Å²) in [6, 6.07) is 0.375. The number of amides is 1. The van der Waals surface area contributed by atoms with E-state index in [2.05, 4.69) is 23.6 Å². The lowest BCUT2D eigenvalue weighted by Crippen LogP contribution is -2.50. The molecule has 6 heteroatoms. The van der Waals surface area contributed by atoms with Crippen molar-refractivity contribution in [2.75, 3.05) is 59.2 Å². The number of thioether (sulfide) groups is 1. The SMILES string of the molecule is CSC(=O)N(C)[C@H]1C[C@H](OCCN2CCN(CC(C)C)CC2)C1. The molecule has 2 fully saturated rings. The Labute approximate surface area is 145 Å². The molecule has 0 aromatic rings. The molecule has 0 bridgehead atoms. The average molecular weight is 344 g/mol. The molecule has 0 radical (unpaired) electrons. The molecule has 2 rings (SSSR count). The monoisotopic (exact) mass is 343 g/mol. The van der Waals surface area contributed by atoms with E-state index in [1.807, 2.05) is 18.2 Å². The molecule has 0 atom stereocenters. The standard InChI is InChI=1S/C17H33N3O2S/c1-14(2)13-20-7-5-19(6-8-20)9-10-22-16-11-15(12-16)18(3)17(21)23-4/h14-16H,5-13H2,1-4H3/t15-,16-. The van der Waals surface area contributed by atoms with Crippen LogP contribution in [0.4, 0.5) is 4.79 Å². The fourth-order valence-corrected chi connectivity index (χ4v) is 3.78. The first-order valence-corrected chi connectivity index (χ1v) is 10.1. The van der Waals surface area contributed by atoms with Gasteiger partial charge in [0.25, 0.3) is 5.24 Å². The molecule has 1 saturated carbocycles. The van der Waals surface area contributed by atoms with Crippen LogP contribution < -0.4 is 0 Å². The Morgan fingerprint density at radius 1 is 1.22 bits per heavy atom. The second-order valence-corrected chi connectivity index (χ2v) is 7.99. The van der Waals surface area contributed by atoms with Gasteiger partial charge in [-0.05, 0) is 25.0 Å². The van der Waals surface area contributed by atoms with Gasteiger partial charge in [0.05, 0.1) is 12.7 Å². The van der Waals surface area contributed by atoms with Gasteiger partial charge in [-0.15, -0.1) is 0 Å². The molecule has 1 heterocycles. The van der Waals surface area contributed by atoms with E-state index >= 15 is 0 Å². The number of ether oxygens (including phenoxy) is 1. The molecule has 0 N–H and O–H groups in total. The molecule has 1 aliphatic carbocycles. The summed E-state index contributed by atoms with van der Waals surface area (Å²) in [6.07, 6.45) is 4.17. The zero-order chi connectivity index (χ0) is 16.8. The smallest absolute Gasteiger partial charge is 0.281 e. The Balaban J connectivity index is 1.52. The number of carbonyl (C=O) groups excluding carboxylic acids is 1. The van der Waals surface area contributed by atoms with Gasteiger partial charge in [0.2, 0.25) is 0 Å². The van der Waals surface area contributed by atoms with Crippen molar-refractivity contribution in [3.8, 4) is 0 Å². The Morgan fingerprint density at radius 2 is 1.83 bits per heavy atom. The summed E-state index contributed by atoms with van der Waals surface area (Å²) >= 11 is 1.29. The highest BCUT2D eigenvalue weighted by atomic mass is 32.2. The number of hydrogen-bond acceptors (Lipinski definition) is 5. The zero-order valence-corrected chi connectivity index (χ0v) is 16.0. The summed E-state index contributed by atoms with van der Waals surface area (Å²) in [4.78, 5) is 18.5. The van der Waals surface area contributed by atoms with Crippen LogP contribution in [0.1, 0.15) is 26.7 Å². The maximum Gasteiger partial charge on any atom is 0.281 e. The lowest BCUT2D eigenvalue weighted by molar-refractivity contribution is -0.0432. The van der Waals surface area contributed by atoms with Crippen molar-refractivity contribution in [2.45, 2.75) is 38.8 Å². The summed E-state index contributed by atoms with van der Waals surface area (Å²) in [5.41, 5.74) is 0. The Bertz CT molecular complexity index is 367. The molecule has 0 unspecified atom stereocenters. The number of hydrogen-bond donors (Lipinski definition) is 0. The molecule has 1 amide bonds. The predicted octanol–water partition coefficient (Wildman–Crippen LogP) is 2.22. The van der Waals surface area contributed by atoms with Gasteiger partial charge in [-0.1, -0.05) is 25.6 Å². The maximum absolute atomic E-state index is 11.6. The van der Waals surface area contributed by atoms with Crippen molar-refractivity contribution in [1.29, 1.82) is 0 Å². The molecule has 0 spiro atoms. The molecule has 1 saturated heterocycles. The van der Waals surface area contributed by atoms with E-state index in [-0.39, 0.29) is 5.24 Å². The Morgan fingerprint density at radius 3 is 2.39 bits per heavy atom. The summed E-state index contributed by atoms with van der Waals surface area (Å²) in [5.74, 6) is 0.757. The van der Waals surface area contributed by atoms with Crippen molar-refractivity contribution in [1.82, 2.24) is 14.7 Å². The van der Waals surface area contributed by atoms with Crippen molar-refractivity contribution in [3.63, 3.8) is 0 Å². The van der Waals surface area contributed by atoms with Crippen LogP contribution in [-0.4, -0.2) is 91.3 Å². The summed E-state index contributed by atoms with van der Waals surface area (Å²) in [5, 5.41) is 0.160. The minimum absolute atomic E-state index is 0.160. The van der Waals surface area contributed by atoms with Crippen LogP contribution in [0, 0.1) is 5.92 Å². The van der Waals surface area contributed by atoms with Gasteiger partial charge >= 0.3 is 0 Å². The zero-order valence-electron chi connectivity index (χ0n) is 15.2. The number of rotatable bonds is 7. The Hall–Kier alpha value is -0.300. The largest absolute Gasteiger partial charge is 0.377 e. The Kier molecular flexibility index (Phi) is 7.66. The molecule has 5 nitrogen and oxygen atoms in total. The summed E-state index contributed by atoms with van der Waals surface area (Å²) in [7, 11) is 1.90. The van der Waals surface area contributed by atoms with E-state index in [9.17, 15) is 4.79 Å². The van der Waals surface area contributed by atoms with E-state index in [0.29, 0.717) is 12.1 Å². The second-order valence-electron chi connectivity index (χ2n) is 7.24. The fraction of sp³-hybridized carbons (Fsp3) is 0.941. The molecule has 0 aromatic heterocycles. The van der Waals surface area contributed by atoms with Gasteiger partial charge < -0.3 is 14.5 Å². The lowest BCUT2D eigenvalue weighted by atomic mass is 9.88. The quantitative estimate of drug-likeness (QED) is 0.708. The normalized spacial score (nSPS) is 26.3. The molecule has 2 aliphatic rings. The van der Waals surface area contributed by atoms with Crippen molar-refractivity contribution in [2.24, 2.45) is 5.92 Å². The van der Waals surface area contributed by atoms with Crippen LogP contribution in [0.25, 0.3) is 0 Å². The van der Waals surface area contributed by atoms with Gasteiger partial charge in [0.1, 0.15) is 0 Å². The minimum atomic E-state index is 0.160. The van der Waals surface area contributed by atoms with E-state index < -0.39 is 0 Å². The molecule has 134 valence electrons.